The maximum absolute atomic E-state index is 11.8. The number of aromatic nitrogens is 3. The van der Waals surface area contributed by atoms with Gasteiger partial charge in [-0.3, -0.25) is 9.55 Å². The summed E-state index contributed by atoms with van der Waals surface area (Å²) >= 11 is 0. The molecule has 0 amide bonds. The van der Waals surface area contributed by atoms with E-state index < -0.39 is 65.8 Å². The standard InChI is InChI=1S/C53H51N3O/c1-33(2)25-37-19-22-48(45(28-37)39-13-10-9-11-14-39)56-49-16-12-15-44(50(49)55-52(56)46-27-35(4)26-36(5)51(46)57)41-29-42(31-43(30-41)53(6,7)8)47-32-40(23-24-54-47)38-20-17-34(3)18-21-38/h9-24,26-33,57H,25H2,1-8H3/i3D3,17D,18D,20D,21D,23D,24D,32D. The van der Waals surface area contributed by atoms with E-state index in [1.807, 2.05) is 101 Å². The number of nitrogens with zero attached hydrogens (tertiary/aromatic N) is 3. The van der Waals surface area contributed by atoms with Gasteiger partial charge in [-0.25, -0.2) is 4.98 Å². The number of para-hydroxylation sites is 1. The van der Waals surface area contributed by atoms with Crippen molar-refractivity contribution in [1.29, 1.82) is 0 Å². The van der Waals surface area contributed by atoms with Crippen LogP contribution in [0.25, 0.3) is 72.7 Å². The van der Waals surface area contributed by atoms with Gasteiger partial charge in [0.15, 0.2) is 0 Å². The van der Waals surface area contributed by atoms with Crippen molar-refractivity contribution in [2.45, 2.75) is 67.2 Å². The third-order valence-corrected chi connectivity index (χ3v) is 10.3. The van der Waals surface area contributed by atoms with Crippen LogP contribution in [0, 0.1) is 26.6 Å². The van der Waals surface area contributed by atoms with E-state index in [4.69, 9.17) is 17.3 Å². The summed E-state index contributed by atoms with van der Waals surface area (Å²) < 4.78 is 87.8. The molecule has 6 aromatic carbocycles. The summed E-state index contributed by atoms with van der Waals surface area (Å²) in [6.45, 7) is 11.4. The van der Waals surface area contributed by atoms with E-state index in [9.17, 15) is 6.48 Å². The Kier molecular flexibility index (Phi) is 7.20. The fourth-order valence-corrected chi connectivity index (χ4v) is 7.48. The molecule has 0 radical (unpaired) electrons. The number of fused-ring (bicyclic) bond motifs is 1. The maximum atomic E-state index is 11.8. The van der Waals surface area contributed by atoms with E-state index in [-0.39, 0.29) is 17.0 Å². The van der Waals surface area contributed by atoms with Crippen molar-refractivity contribution >= 4 is 11.0 Å². The highest BCUT2D eigenvalue weighted by atomic mass is 16.3. The molecule has 0 aliphatic heterocycles. The minimum Gasteiger partial charge on any atom is -0.507 e. The highest BCUT2D eigenvalue weighted by Crippen LogP contribution is 2.43. The fraction of sp³-hybridized carbons (Fsp3) is 0.208. The van der Waals surface area contributed by atoms with Gasteiger partial charge >= 0.3 is 0 Å². The highest BCUT2D eigenvalue weighted by Gasteiger charge is 2.24. The lowest BCUT2D eigenvalue weighted by atomic mass is 9.83. The van der Waals surface area contributed by atoms with Gasteiger partial charge < -0.3 is 5.11 Å². The number of aryl methyl sites for hydroxylation is 2. The van der Waals surface area contributed by atoms with Gasteiger partial charge in [-0.2, -0.15) is 0 Å². The number of imidazole rings is 1. The monoisotopic (exact) mass is 755 g/mol. The van der Waals surface area contributed by atoms with Crippen molar-refractivity contribution in [3.63, 3.8) is 0 Å². The second-order valence-corrected chi connectivity index (χ2v) is 16.2. The largest absolute Gasteiger partial charge is 0.507 e. The maximum Gasteiger partial charge on any atom is 0.149 e. The van der Waals surface area contributed by atoms with Crippen LogP contribution in [-0.4, -0.2) is 19.6 Å². The van der Waals surface area contributed by atoms with Crippen LogP contribution < -0.4 is 0 Å². The number of benzene rings is 6. The lowest BCUT2D eigenvalue weighted by Crippen LogP contribution is -2.11. The molecule has 0 bridgehead atoms. The van der Waals surface area contributed by atoms with E-state index in [2.05, 4.69) is 53.7 Å². The number of phenols is 1. The van der Waals surface area contributed by atoms with E-state index in [0.29, 0.717) is 39.5 Å². The van der Waals surface area contributed by atoms with Gasteiger partial charge in [-0.1, -0.05) is 125 Å². The second-order valence-electron chi connectivity index (χ2n) is 16.2. The molecule has 2 aromatic heterocycles. The first kappa shape index (κ1) is 27.4. The van der Waals surface area contributed by atoms with Crippen LogP contribution in [0.1, 0.15) is 76.1 Å². The lowest BCUT2D eigenvalue weighted by molar-refractivity contribution is 0.472. The normalized spacial score (nSPS) is 14.5. The van der Waals surface area contributed by atoms with Crippen LogP contribution in [0.3, 0.4) is 0 Å². The van der Waals surface area contributed by atoms with Gasteiger partial charge in [-0.15, -0.1) is 0 Å². The van der Waals surface area contributed by atoms with Crippen LogP contribution in [0.2, 0.25) is 0 Å². The topological polar surface area (TPSA) is 50.9 Å². The number of hydrogen-bond acceptors (Lipinski definition) is 3. The molecule has 0 atom stereocenters. The Labute approximate surface area is 351 Å². The quantitative estimate of drug-likeness (QED) is 0.168. The van der Waals surface area contributed by atoms with Crippen molar-refractivity contribution in [1.82, 2.24) is 14.5 Å². The second kappa shape index (κ2) is 15.0. The Balaban J connectivity index is 1.43. The summed E-state index contributed by atoms with van der Waals surface area (Å²) in [7, 11) is 0. The third kappa shape index (κ3) is 7.52. The molecule has 0 aliphatic rings. The third-order valence-electron chi connectivity index (χ3n) is 10.3. The molecule has 4 heteroatoms. The predicted molar refractivity (Wildman–Crippen MR) is 239 cm³/mol. The summed E-state index contributed by atoms with van der Waals surface area (Å²) in [5.41, 5.74) is 8.25. The summed E-state index contributed by atoms with van der Waals surface area (Å²) in [6.07, 6.45) is 0.323. The molecule has 4 nitrogen and oxygen atoms in total. The summed E-state index contributed by atoms with van der Waals surface area (Å²) in [4.78, 5) is 9.85. The van der Waals surface area contributed by atoms with Crippen LogP contribution in [0.4, 0.5) is 0 Å². The Bertz CT molecular complexity index is 3250. The van der Waals surface area contributed by atoms with Gasteiger partial charge in [0.2, 0.25) is 0 Å². The van der Waals surface area contributed by atoms with Crippen LogP contribution >= 0.6 is 0 Å². The molecule has 0 spiro atoms. The minimum absolute atomic E-state index is 0.0346. The molecule has 2 heterocycles. The molecular weight excluding hydrogens is 695 g/mol. The number of rotatable bonds is 8. The van der Waals surface area contributed by atoms with Crippen LogP contribution in [-0.2, 0) is 11.8 Å². The summed E-state index contributed by atoms with van der Waals surface area (Å²) in [6, 6.07) is 28.1. The summed E-state index contributed by atoms with van der Waals surface area (Å²) in [5.74, 6) is 1.07. The van der Waals surface area contributed by atoms with Crippen LogP contribution in [0.5, 0.6) is 5.75 Å². The Morgan fingerprint density at radius 3 is 2.23 bits per heavy atom. The number of phenolic OH excluding ortho intramolecular Hbond substituents is 1. The van der Waals surface area contributed by atoms with Crippen molar-refractivity contribution in [3.05, 3.63) is 167 Å². The number of pyridine rings is 1. The first-order chi connectivity index (χ1) is 31.5. The van der Waals surface area contributed by atoms with Gasteiger partial charge in [-0.05, 0) is 131 Å². The van der Waals surface area contributed by atoms with E-state index in [1.165, 1.54) is 5.56 Å². The van der Waals surface area contributed by atoms with Gasteiger partial charge in [0.1, 0.15) is 11.6 Å². The molecule has 8 aromatic rings. The molecule has 0 saturated carbocycles. The molecule has 0 aliphatic carbocycles. The Hall–Kier alpha value is -6.26. The first-order valence-corrected chi connectivity index (χ1v) is 19.2. The molecule has 0 saturated heterocycles. The van der Waals surface area contributed by atoms with Crippen LogP contribution in [0.15, 0.2) is 139 Å². The molecule has 8 rings (SSSR count). The molecule has 0 unspecified atom stereocenters. The van der Waals surface area contributed by atoms with E-state index >= 15 is 0 Å². The highest BCUT2D eigenvalue weighted by molar-refractivity contribution is 5.98. The average molecular weight is 756 g/mol. The SMILES string of the molecule is [2H]c1nc(-c2cc(-c3cccc4c3nc(-c3cc(C)cc(C)c3O)n4-c3ccc(CC(C)C)cc3-c3ccccc3)cc(C(C)(C)C)c2)c([2H])c(-c2c([2H])c([2H])c(C([2H])([2H])[2H])c([2H])c2[2H])c1[2H]. The van der Waals surface area contributed by atoms with Crippen molar-refractivity contribution in [2.24, 2.45) is 5.92 Å². The Morgan fingerprint density at radius 1 is 0.719 bits per heavy atom. The number of aromatic hydroxyl groups is 1. The smallest absolute Gasteiger partial charge is 0.149 e. The zero-order valence-corrected chi connectivity index (χ0v) is 33.3. The zero-order chi connectivity index (χ0) is 48.6. The molecule has 1 N–H and O–H groups in total. The molecule has 57 heavy (non-hydrogen) atoms. The van der Waals surface area contributed by atoms with E-state index in [1.54, 1.807) is 0 Å². The van der Waals surface area contributed by atoms with Gasteiger partial charge in [0.05, 0.1) is 37.6 Å². The minimum atomic E-state index is -2.96. The van der Waals surface area contributed by atoms with Gasteiger partial charge in [0.25, 0.3) is 0 Å². The van der Waals surface area contributed by atoms with Crippen molar-refractivity contribution < 1.29 is 18.8 Å². The molecule has 0 fully saturated rings. The first-order valence-electron chi connectivity index (χ1n) is 24.2. The zero-order valence-electron chi connectivity index (χ0n) is 43.3. The van der Waals surface area contributed by atoms with Crippen molar-refractivity contribution in [3.8, 4) is 67.5 Å². The van der Waals surface area contributed by atoms with Crippen molar-refractivity contribution in [2.75, 3.05) is 0 Å². The fourth-order valence-electron chi connectivity index (χ4n) is 7.48. The van der Waals surface area contributed by atoms with Gasteiger partial charge in [0, 0.05) is 27.0 Å². The summed E-state index contributed by atoms with van der Waals surface area (Å²) in [5, 5.41) is 11.8. The van der Waals surface area contributed by atoms with E-state index in [0.717, 1.165) is 45.4 Å². The molecular formula is C53H51N3O. The Morgan fingerprint density at radius 2 is 1.49 bits per heavy atom. The molecule has 284 valence electrons. The lowest BCUT2D eigenvalue weighted by Gasteiger charge is -2.22. The number of hydrogen-bond donors (Lipinski definition) is 1. The average Bonchev–Trinajstić information content (AvgIpc) is 3.65. The predicted octanol–water partition coefficient (Wildman–Crippen LogP) is 13.9.